The van der Waals surface area contributed by atoms with E-state index in [1.807, 2.05) is 0 Å². The van der Waals surface area contributed by atoms with Crippen molar-refractivity contribution in [1.82, 2.24) is 9.80 Å². The van der Waals surface area contributed by atoms with Gasteiger partial charge in [0.05, 0.1) is 12.2 Å². The zero-order chi connectivity index (χ0) is 15.0. The summed E-state index contributed by atoms with van der Waals surface area (Å²) in [5.74, 6) is 0. The van der Waals surface area contributed by atoms with Crippen molar-refractivity contribution in [2.24, 2.45) is 0 Å². The van der Waals surface area contributed by atoms with E-state index in [4.69, 9.17) is 0 Å². The second-order valence-corrected chi connectivity index (χ2v) is 7.20. The van der Waals surface area contributed by atoms with Gasteiger partial charge in [-0.25, -0.2) is 0 Å². The fourth-order valence-electron chi connectivity index (χ4n) is 2.58. The van der Waals surface area contributed by atoms with Crippen molar-refractivity contribution in [1.29, 1.82) is 0 Å². The molecule has 20 heavy (non-hydrogen) atoms. The molecule has 0 bridgehead atoms. The van der Waals surface area contributed by atoms with Gasteiger partial charge in [0.1, 0.15) is 0 Å². The van der Waals surface area contributed by atoms with Crippen molar-refractivity contribution < 1.29 is 0 Å². The van der Waals surface area contributed by atoms with Gasteiger partial charge in [-0.1, -0.05) is 45.0 Å². The Balaban J connectivity index is 2.20. The van der Waals surface area contributed by atoms with E-state index < -0.39 is 0 Å². The van der Waals surface area contributed by atoms with Crippen molar-refractivity contribution in [3.05, 3.63) is 47.8 Å². The Morgan fingerprint density at radius 1 is 0.900 bits per heavy atom. The van der Waals surface area contributed by atoms with Crippen LogP contribution in [0.3, 0.4) is 0 Å². The van der Waals surface area contributed by atoms with Crippen LogP contribution < -0.4 is 0 Å². The molecule has 1 aliphatic heterocycles. The molecule has 0 saturated heterocycles. The first-order valence-corrected chi connectivity index (χ1v) is 7.55. The summed E-state index contributed by atoms with van der Waals surface area (Å²) in [5, 5.41) is 0. The third-order valence-corrected chi connectivity index (χ3v) is 4.37. The van der Waals surface area contributed by atoms with E-state index in [0.29, 0.717) is 0 Å². The summed E-state index contributed by atoms with van der Waals surface area (Å²) in [4.78, 5) is 4.73. The predicted octanol–water partition coefficient (Wildman–Crippen LogP) is 4.29. The molecule has 1 aromatic carbocycles. The maximum Gasteiger partial charge on any atom is 0.0901 e. The average molecular weight is 272 g/mol. The molecule has 110 valence electrons. The van der Waals surface area contributed by atoms with Gasteiger partial charge in [-0.15, -0.1) is 0 Å². The van der Waals surface area contributed by atoms with Crippen molar-refractivity contribution in [3.8, 4) is 0 Å². The summed E-state index contributed by atoms with van der Waals surface area (Å²) in [5.41, 5.74) is 3.00. The Kier molecular flexibility index (Phi) is 3.86. The predicted molar refractivity (Wildman–Crippen MR) is 86.4 cm³/mol. The van der Waals surface area contributed by atoms with Crippen molar-refractivity contribution in [3.63, 3.8) is 0 Å². The van der Waals surface area contributed by atoms with Crippen LogP contribution in [0.25, 0.3) is 0 Å². The van der Waals surface area contributed by atoms with Gasteiger partial charge in [0.25, 0.3) is 0 Å². The van der Waals surface area contributed by atoms with E-state index in [2.05, 4.69) is 88.0 Å². The minimum atomic E-state index is 0.0246. The van der Waals surface area contributed by atoms with Gasteiger partial charge in [-0.3, -0.25) is 0 Å². The standard InChI is InChI=1S/C18H28N2/c1-7-19-12-13-20(14-19)18(5,6)16-10-8-15(9-11-16)17(2,3)4/h8-13H,7,14H2,1-6H3. The molecule has 1 heterocycles. The highest BCUT2D eigenvalue weighted by molar-refractivity contribution is 5.31. The Labute approximate surface area is 124 Å². The Bertz CT molecular complexity index is 477. The quantitative estimate of drug-likeness (QED) is 0.810. The first-order chi connectivity index (χ1) is 9.25. The van der Waals surface area contributed by atoms with E-state index >= 15 is 0 Å². The molecule has 0 aromatic heterocycles. The molecule has 0 unspecified atom stereocenters. The van der Waals surface area contributed by atoms with Crippen LogP contribution in [0.4, 0.5) is 0 Å². The zero-order valence-corrected chi connectivity index (χ0v) is 13.8. The van der Waals surface area contributed by atoms with E-state index in [0.717, 1.165) is 13.2 Å². The second kappa shape index (κ2) is 5.16. The number of benzene rings is 1. The lowest BCUT2D eigenvalue weighted by molar-refractivity contribution is 0.148. The van der Waals surface area contributed by atoms with Crippen LogP contribution in [-0.2, 0) is 11.0 Å². The van der Waals surface area contributed by atoms with E-state index in [1.165, 1.54) is 11.1 Å². The highest BCUT2D eigenvalue weighted by Gasteiger charge is 2.29. The molecule has 0 fully saturated rings. The summed E-state index contributed by atoms with van der Waals surface area (Å²) < 4.78 is 0. The molecule has 1 aromatic rings. The lowest BCUT2D eigenvalue weighted by Gasteiger charge is -2.37. The van der Waals surface area contributed by atoms with E-state index in [1.54, 1.807) is 0 Å². The summed E-state index contributed by atoms with van der Waals surface area (Å²) in [7, 11) is 0. The van der Waals surface area contributed by atoms with Gasteiger partial charge < -0.3 is 9.80 Å². The fraction of sp³-hybridized carbons (Fsp3) is 0.556. The first kappa shape index (κ1) is 15.0. The second-order valence-electron chi connectivity index (χ2n) is 7.20. The minimum absolute atomic E-state index is 0.0246. The van der Waals surface area contributed by atoms with Crippen LogP contribution >= 0.6 is 0 Å². The van der Waals surface area contributed by atoms with Gasteiger partial charge in [-0.05, 0) is 37.3 Å². The smallest absolute Gasteiger partial charge is 0.0901 e. The summed E-state index contributed by atoms with van der Waals surface area (Å²) in [6.45, 7) is 15.6. The van der Waals surface area contributed by atoms with Gasteiger partial charge in [0, 0.05) is 18.9 Å². The molecule has 0 radical (unpaired) electrons. The lowest BCUT2D eigenvalue weighted by Crippen LogP contribution is -2.39. The molecular weight excluding hydrogens is 244 g/mol. The Morgan fingerprint density at radius 2 is 1.45 bits per heavy atom. The first-order valence-electron chi connectivity index (χ1n) is 7.55. The Hall–Kier alpha value is -1.44. The van der Waals surface area contributed by atoms with Gasteiger partial charge >= 0.3 is 0 Å². The molecule has 2 heteroatoms. The monoisotopic (exact) mass is 272 g/mol. The highest BCUT2D eigenvalue weighted by Crippen LogP contribution is 2.32. The van der Waals surface area contributed by atoms with Crippen LogP contribution in [0.15, 0.2) is 36.7 Å². The molecule has 0 N–H and O–H groups in total. The van der Waals surface area contributed by atoms with Crippen LogP contribution in [0, 0.1) is 0 Å². The summed E-state index contributed by atoms with van der Waals surface area (Å²) in [6.07, 6.45) is 4.40. The molecule has 1 aliphatic rings. The van der Waals surface area contributed by atoms with E-state index in [-0.39, 0.29) is 11.0 Å². The number of hydrogen-bond donors (Lipinski definition) is 0. The third kappa shape index (κ3) is 2.84. The third-order valence-electron chi connectivity index (χ3n) is 4.37. The van der Waals surface area contributed by atoms with Gasteiger partial charge in [0.15, 0.2) is 0 Å². The molecule has 2 nitrogen and oxygen atoms in total. The van der Waals surface area contributed by atoms with Crippen LogP contribution in [0.5, 0.6) is 0 Å². The number of rotatable bonds is 3. The van der Waals surface area contributed by atoms with Crippen LogP contribution in [-0.4, -0.2) is 23.0 Å². The van der Waals surface area contributed by atoms with Crippen LogP contribution in [0.1, 0.15) is 52.7 Å². The minimum Gasteiger partial charge on any atom is -0.359 e. The van der Waals surface area contributed by atoms with Gasteiger partial charge in [-0.2, -0.15) is 0 Å². The molecular formula is C18H28N2. The molecule has 2 rings (SSSR count). The topological polar surface area (TPSA) is 6.48 Å². The van der Waals surface area contributed by atoms with Crippen molar-refractivity contribution in [2.45, 2.75) is 52.5 Å². The lowest BCUT2D eigenvalue weighted by atomic mass is 9.84. The molecule has 0 spiro atoms. The Morgan fingerprint density at radius 3 is 1.90 bits per heavy atom. The van der Waals surface area contributed by atoms with Crippen molar-refractivity contribution >= 4 is 0 Å². The normalized spacial score (nSPS) is 16.1. The van der Waals surface area contributed by atoms with Gasteiger partial charge in [0.2, 0.25) is 0 Å². The highest BCUT2D eigenvalue weighted by atomic mass is 15.4. The largest absolute Gasteiger partial charge is 0.359 e. The number of hydrogen-bond acceptors (Lipinski definition) is 2. The fourth-order valence-corrected chi connectivity index (χ4v) is 2.58. The molecule has 0 amide bonds. The molecule has 0 aliphatic carbocycles. The maximum atomic E-state index is 2.41. The summed E-state index contributed by atoms with van der Waals surface area (Å²) >= 11 is 0. The SMILES string of the molecule is CCN1C=CN(C(C)(C)c2ccc(C(C)(C)C)cc2)C1. The van der Waals surface area contributed by atoms with E-state index in [9.17, 15) is 0 Å². The average Bonchev–Trinajstić information content (AvgIpc) is 2.87. The molecule has 0 atom stereocenters. The maximum absolute atomic E-state index is 2.41. The number of nitrogens with zero attached hydrogens (tertiary/aromatic N) is 2. The summed E-state index contributed by atoms with van der Waals surface area (Å²) in [6, 6.07) is 9.11. The molecule has 0 saturated carbocycles. The van der Waals surface area contributed by atoms with Crippen molar-refractivity contribution in [2.75, 3.05) is 13.2 Å². The zero-order valence-electron chi connectivity index (χ0n) is 13.8. The van der Waals surface area contributed by atoms with Crippen LogP contribution in [0.2, 0.25) is 0 Å².